The lowest BCUT2D eigenvalue weighted by Crippen LogP contribution is -2.29. The fraction of sp³-hybridized carbons (Fsp3) is 0.278. The number of rotatable bonds is 7. The molecule has 0 saturated carbocycles. The Kier molecular flexibility index (Phi) is 5.98. The van der Waals surface area contributed by atoms with E-state index in [9.17, 15) is 4.79 Å². The molecule has 3 N–H and O–H groups in total. The van der Waals surface area contributed by atoms with E-state index in [1.165, 1.54) is 11.1 Å². The van der Waals surface area contributed by atoms with Gasteiger partial charge >= 0.3 is 0 Å². The van der Waals surface area contributed by atoms with Crippen LogP contribution in [0.2, 0.25) is 0 Å². The molecule has 3 heteroatoms. The number of nitrogens with two attached hydrogens (primary N) is 1. The van der Waals surface area contributed by atoms with Crippen molar-refractivity contribution in [1.29, 1.82) is 0 Å². The van der Waals surface area contributed by atoms with Crippen LogP contribution in [0.15, 0.2) is 60.7 Å². The van der Waals surface area contributed by atoms with Crippen LogP contribution in [0, 0.1) is 0 Å². The Balaban J connectivity index is 2.09. The molecule has 0 heterocycles. The molecule has 0 aliphatic carbocycles. The molecule has 0 radical (unpaired) electrons. The Morgan fingerprint density at radius 1 is 0.952 bits per heavy atom. The first kappa shape index (κ1) is 15.3. The lowest BCUT2D eigenvalue weighted by Gasteiger charge is -2.18. The Morgan fingerprint density at radius 3 is 1.95 bits per heavy atom. The van der Waals surface area contributed by atoms with Gasteiger partial charge in [0.25, 0.3) is 0 Å². The summed E-state index contributed by atoms with van der Waals surface area (Å²) in [6, 6.07) is 20.5. The van der Waals surface area contributed by atoms with Crippen molar-refractivity contribution < 1.29 is 4.79 Å². The van der Waals surface area contributed by atoms with Gasteiger partial charge in [0.1, 0.15) is 0 Å². The van der Waals surface area contributed by atoms with Crippen LogP contribution < -0.4 is 11.1 Å². The zero-order valence-electron chi connectivity index (χ0n) is 12.2. The largest absolute Gasteiger partial charge is 0.355 e. The number of benzene rings is 2. The third-order valence-electron chi connectivity index (χ3n) is 3.52. The van der Waals surface area contributed by atoms with Crippen molar-refractivity contribution >= 4 is 5.91 Å². The minimum atomic E-state index is 0.0670. The average molecular weight is 282 g/mol. The van der Waals surface area contributed by atoms with Crippen molar-refractivity contribution in [2.45, 2.75) is 18.8 Å². The Hall–Kier alpha value is -2.13. The highest BCUT2D eigenvalue weighted by molar-refractivity contribution is 5.76. The first-order valence-corrected chi connectivity index (χ1v) is 7.38. The quantitative estimate of drug-likeness (QED) is 0.820. The molecule has 0 spiro atoms. The third kappa shape index (κ3) is 4.72. The van der Waals surface area contributed by atoms with Crippen LogP contribution in [-0.2, 0) is 4.79 Å². The highest BCUT2D eigenvalue weighted by Crippen LogP contribution is 2.23. The van der Waals surface area contributed by atoms with Crippen molar-refractivity contribution in [2.24, 2.45) is 5.73 Å². The topological polar surface area (TPSA) is 55.1 Å². The highest BCUT2D eigenvalue weighted by atomic mass is 16.1. The number of carbonyl (C=O) groups excluding carboxylic acids is 1. The zero-order chi connectivity index (χ0) is 14.9. The lowest BCUT2D eigenvalue weighted by atomic mass is 9.91. The van der Waals surface area contributed by atoms with Crippen LogP contribution in [-0.4, -0.2) is 19.0 Å². The first-order valence-electron chi connectivity index (χ1n) is 7.38. The van der Waals surface area contributed by atoms with Crippen LogP contribution in [0.5, 0.6) is 0 Å². The molecule has 0 aliphatic heterocycles. The number of carbonyl (C=O) groups is 1. The van der Waals surface area contributed by atoms with E-state index < -0.39 is 0 Å². The summed E-state index contributed by atoms with van der Waals surface area (Å²) in [6.45, 7) is 1.16. The van der Waals surface area contributed by atoms with Gasteiger partial charge < -0.3 is 11.1 Å². The molecule has 0 fully saturated rings. The van der Waals surface area contributed by atoms with Crippen molar-refractivity contribution in [2.75, 3.05) is 13.1 Å². The molecule has 2 rings (SSSR count). The summed E-state index contributed by atoms with van der Waals surface area (Å²) < 4.78 is 0. The zero-order valence-corrected chi connectivity index (χ0v) is 12.2. The fourth-order valence-electron chi connectivity index (χ4n) is 2.37. The molecule has 110 valence electrons. The number of amides is 1. The van der Waals surface area contributed by atoms with Crippen molar-refractivity contribution in [3.63, 3.8) is 0 Å². The van der Waals surface area contributed by atoms with E-state index in [0.717, 1.165) is 6.42 Å². The van der Waals surface area contributed by atoms with Gasteiger partial charge in [0, 0.05) is 18.9 Å². The van der Waals surface area contributed by atoms with E-state index in [4.69, 9.17) is 5.73 Å². The van der Waals surface area contributed by atoms with Gasteiger partial charge in [-0.15, -0.1) is 0 Å². The summed E-state index contributed by atoms with van der Waals surface area (Å²) in [7, 11) is 0. The average Bonchev–Trinajstić information content (AvgIpc) is 2.55. The normalized spacial score (nSPS) is 10.6. The second kappa shape index (κ2) is 8.22. The minimum absolute atomic E-state index is 0.0670. The van der Waals surface area contributed by atoms with Gasteiger partial charge in [-0.25, -0.2) is 0 Å². The monoisotopic (exact) mass is 282 g/mol. The summed E-state index contributed by atoms with van der Waals surface area (Å²) in [6.07, 6.45) is 1.22. The summed E-state index contributed by atoms with van der Waals surface area (Å²) in [5, 5.41) is 3.02. The maximum Gasteiger partial charge on any atom is 0.220 e. The second-order valence-corrected chi connectivity index (χ2v) is 5.07. The van der Waals surface area contributed by atoms with Gasteiger partial charge in [0.15, 0.2) is 0 Å². The van der Waals surface area contributed by atoms with Crippen LogP contribution >= 0.6 is 0 Å². The molecule has 0 saturated heterocycles. The predicted octanol–water partition coefficient (Wildman–Crippen LogP) is 2.67. The SMILES string of the molecule is NCCCC(=O)NCC(c1ccccc1)c1ccccc1. The number of nitrogens with one attached hydrogen (secondary N) is 1. The minimum Gasteiger partial charge on any atom is -0.355 e. The molecule has 0 aliphatic rings. The molecule has 2 aromatic carbocycles. The van der Waals surface area contributed by atoms with E-state index in [0.29, 0.717) is 19.5 Å². The van der Waals surface area contributed by atoms with Crippen LogP contribution in [0.25, 0.3) is 0 Å². The van der Waals surface area contributed by atoms with Gasteiger partial charge in [-0.3, -0.25) is 4.79 Å². The molecular formula is C18H22N2O. The standard InChI is InChI=1S/C18H22N2O/c19-13-7-12-18(21)20-14-17(15-8-3-1-4-9-15)16-10-5-2-6-11-16/h1-6,8-11,17H,7,12-14,19H2,(H,20,21). The van der Waals surface area contributed by atoms with Gasteiger partial charge in [0.2, 0.25) is 5.91 Å². The predicted molar refractivity (Wildman–Crippen MR) is 86.0 cm³/mol. The van der Waals surface area contributed by atoms with Crippen LogP contribution in [0.3, 0.4) is 0 Å². The Bertz CT molecular complexity index is 500. The molecule has 0 unspecified atom stereocenters. The van der Waals surface area contributed by atoms with Gasteiger partial charge in [-0.05, 0) is 24.1 Å². The molecule has 0 atom stereocenters. The smallest absolute Gasteiger partial charge is 0.220 e. The van der Waals surface area contributed by atoms with Gasteiger partial charge in [-0.2, -0.15) is 0 Å². The van der Waals surface area contributed by atoms with Gasteiger partial charge in [-0.1, -0.05) is 60.7 Å². The summed E-state index contributed by atoms with van der Waals surface area (Å²) in [4.78, 5) is 11.8. The highest BCUT2D eigenvalue weighted by Gasteiger charge is 2.14. The maximum atomic E-state index is 11.8. The molecule has 1 amide bonds. The van der Waals surface area contributed by atoms with Crippen molar-refractivity contribution in [3.8, 4) is 0 Å². The van der Waals surface area contributed by atoms with E-state index >= 15 is 0 Å². The van der Waals surface area contributed by atoms with Crippen LogP contribution in [0.1, 0.15) is 29.9 Å². The Morgan fingerprint density at radius 2 is 1.48 bits per heavy atom. The second-order valence-electron chi connectivity index (χ2n) is 5.07. The molecule has 2 aromatic rings. The molecule has 0 aromatic heterocycles. The van der Waals surface area contributed by atoms with E-state index in [1.807, 2.05) is 36.4 Å². The lowest BCUT2D eigenvalue weighted by molar-refractivity contribution is -0.121. The number of hydrogen-bond donors (Lipinski definition) is 2. The third-order valence-corrected chi connectivity index (χ3v) is 3.52. The molecule has 21 heavy (non-hydrogen) atoms. The van der Waals surface area contributed by atoms with Gasteiger partial charge in [0.05, 0.1) is 0 Å². The summed E-state index contributed by atoms with van der Waals surface area (Å²) >= 11 is 0. The molecule has 0 bridgehead atoms. The van der Waals surface area contributed by atoms with E-state index in [-0.39, 0.29) is 11.8 Å². The Labute approximate surface area is 126 Å². The molecular weight excluding hydrogens is 260 g/mol. The summed E-state index contributed by atoms with van der Waals surface area (Å²) in [5.74, 6) is 0.242. The summed E-state index contributed by atoms with van der Waals surface area (Å²) in [5.41, 5.74) is 7.86. The van der Waals surface area contributed by atoms with E-state index in [2.05, 4.69) is 29.6 Å². The first-order chi connectivity index (χ1) is 10.3. The van der Waals surface area contributed by atoms with Crippen molar-refractivity contribution in [3.05, 3.63) is 71.8 Å². The van der Waals surface area contributed by atoms with E-state index in [1.54, 1.807) is 0 Å². The fourth-order valence-corrected chi connectivity index (χ4v) is 2.37. The maximum absolute atomic E-state index is 11.8. The number of hydrogen-bond acceptors (Lipinski definition) is 2. The van der Waals surface area contributed by atoms with Crippen LogP contribution in [0.4, 0.5) is 0 Å². The molecule has 3 nitrogen and oxygen atoms in total. The van der Waals surface area contributed by atoms with Crippen molar-refractivity contribution in [1.82, 2.24) is 5.32 Å².